The summed E-state index contributed by atoms with van der Waals surface area (Å²) in [6.45, 7) is 3.84. The van der Waals surface area contributed by atoms with Crippen LogP contribution in [0.3, 0.4) is 0 Å². The van der Waals surface area contributed by atoms with Crippen LogP contribution in [0.5, 0.6) is 0 Å². The van der Waals surface area contributed by atoms with E-state index in [9.17, 15) is 13.2 Å². The summed E-state index contributed by atoms with van der Waals surface area (Å²) < 4.78 is 46.9. The van der Waals surface area contributed by atoms with Gasteiger partial charge >= 0.3 is 6.18 Å². The van der Waals surface area contributed by atoms with E-state index in [2.05, 4.69) is 40.5 Å². The molecule has 0 aliphatic carbocycles. The smallest absolute Gasteiger partial charge is 0.378 e. The van der Waals surface area contributed by atoms with Crippen molar-refractivity contribution in [1.29, 1.82) is 0 Å². The maximum Gasteiger partial charge on any atom is 0.421 e. The Morgan fingerprint density at radius 1 is 1.12 bits per heavy atom. The molecule has 0 saturated carbocycles. The number of aryl methyl sites for hydroxylation is 1. The van der Waals surface area contributed by atoms with Crippen molar-refractivity contribution in [1.82, 2.24) is 39.7 Å². The minimum atomic E-state index is -4.60. The Balaban J connectivity index is 1.44. The van der Waals surface area contributed by atoms with E-state index in [4.69, 9.17) is 4.74 Å². The highest BCUT2D eigenvalue weighted by Gasteiger charge is 2.36. The molecule has 4 aromatic rings. The highest BCUT2D eigenvalue weighted by Crippen LogP contribution is 2.33. The number of nitrogens with one attached hydrogen (secondary N) is 2. The fourth-order valence-electron chi connectivity index (χ4n) is 3.36. The lowest BCUT2D eigenvalue weighted by Crippen LogP contribution is -2.37. The number of aromatic amines is 1. The predicted octanol–water partition coefficient (Wildman–Crippen LogP) is 2.08. The standard InChI is InChI=1S/C19H19F3N10O/c1-11-2-3-12(8-23-11)15-26-14(29-30-15)10-24-17-28-18(31-4-6-33-7-5-31)27-16-13(19(20,21)22)9-25-32(16)17/h2-3,8-9H,4-7,10H2,1H3,(H,24,27,28)(H,26,29,30). The summed E-state index contributed by atoms with van der Waals surface area (Å²) in [6.07, 6.45) is -2.18. The molecular weight excluding hydrogens is 441 g/mol. The number of rotatable bonds is 5. The van der Waals surface area contributed by atoms with E-state index in [0.717, 1.165) is 22.0 Å². The lowest BCUT2D eigenvalue weighted by Gasteiger charge is -2.27. The summed E-state index contributed by atoms with van der Waals surface area (Å²) in [5, 5.41) is 15.1. The molecule has 0 bridgehead atoms. The minimum Gasteiger partial charge on any atom is -0.378 e. The fraction of sp³-hybridized carbons (Fsp3) is 0.368. The Kier molecular flexibility index (Phi) is 5.28. The SMILES string of the molecule is Cc1ccc(-c2nnc(CNc3nc(N4CCOCC4)nc4c(C(F)(F)F)cnn34)[nH]2)cn1. The maximum absolute atomic E-state index is 13.5. The lowest BCUT2D eigenvalue weighted by molar-refractivity contribution is -0.136. The number of pyridine rings is 1. The number of aromatic nitrogens is 8. The van der Waals surface area contributed by atoms with Crippen LogP contribution in [-0.4, -0.2) is 66.1 Å². The molecule has 0 unspecified atom stereocenters. The van der Waals surface area contributed by atoms with Crippen LogP contribution in [0.2, 0.25) is 0 Å². The van der Waals surface area contributed by atoms with Gasteiger partial charge in [-0.2, -0.15) is 32.8 Å². The number of fused-ring (bicyclic) bond motifs is 1. The van der Waals surface area contributed by atoms with Crippen LogP contribution in [0.15, 0.2) is 24.5 Å². The van der Waals surface area contributed by atoms with Gasteiger partial charge in [0.05, 0.1) is 26.0 Å². The fourth-order valence-corrected chi connectivity index (χ4v) is 3.36. The molecule has 5 heterocycles. The van der Waals surface area contributed by atoms with Crippen molar-refractivity contribution in [3.8, 4) is 11.4 Å². The summed E-state index contributed by atoms with van der Waals surface area (Å²) >= 11 is 0. The molecule has 2 N–H and O–H groups in total. The zero-order valence-electron chi connectivity index (χ0n) is 17.5. The monoisotopic (exact) mass is 460 g/mol. The number of halogens is 3. The minimum absolute atomic E-state index is 0.104. The number of nitrogens with zero attached hydrogens (tertiary/aromatic N) is 8. The largest absolute Gasteiger partial charge is 0.421 e. The van der Waals surface area contributed by atoms with Crippen LogP contribution in [0.4, 0.5) is 25.1 Å². The molecule has 0 amide bonds. The van der Waals surface area contributed by atoms with Crippen molar-refractivity contribution in [2.45, 2.75) is 19.6 Å². The van der Waals surface area contributed by atoms with Crippen molar-refractivity contribution < 1.29 is 17.9 Å². The molecule has 0 spiro atoms. The quantitative estimate of drug-likeness (QED) is 0.461. The van der Waals surface area contributed by atoms with Crippen LogP contribution in [0.1, 0.15) is 17.1 Å². The number of alkyl halides is 3. The van der Waals surface area contributed by atoms with Gasteiger partial charge < -0.3 is 19.9 Å². The molecule has 0 aromatic carbocycles. The van der Waals surface area contributed by atoms with E-state index in [0.29, 0.717) is 38.0 Å². The van der Waals surface area contributed by atoms with Gasteiger partial charge in [0, 0.05) is 30.5 Å². The first-order chi connectivity index (χ1) is 15.9. The number of hydrogen-bond donors (Lipinski definition) is 2. The molecular formula is C19H19F3N10O. The molecule has 1 aliphatic rings. The van der Waals surface area contributed by atoms with Gasteiger partial charge in [-0.15, -0.1) is 10.2 Å². The summed E-state index contributed by atoms with van der Waals surface area (Å²) in [4.78, 5) is 17.6. The summed E-state index contributed by atoms with van der Waals surface area (Å²) in [6, 6.07) is 3.72. The molecule has 1 saturated heterocycles. The third-order valence-electron chi connectivity index (χ3n) is 5.09. The number of morpholine rings is 1. The van der Waals surface area contributed by atoms with Crippen LogP contribution < -0.4 is 10.2 Å². The average molecular weight is 460 g/mol. The highest BCUT2D eigenvalue weighted by molar-refractivity contribution is 5.56. The highest BCUT2D eigenvalue weighted by atomic mass is 19.4. The molecule has 4 aromatic heterocycles. The normalized spacial score (nSPS) is 14.7. The second-order valence-electron chi connectivity index (χ2n) is 7.40. The molecule has 1 aliphatic heterocycles. The van der Waals surface area contributed by atoms with Gasteiger partial charge in [0.15, 0.2) is 11.5 Å². The molecule has 0 atom stereocenters. The van der Waals surface area contributed by atoms with E-state index in [1.54, 1.807) is 11.1 Å². The van der Waals surface area contributed by atoms with Gasteiger partial charge in [0.1, 0.15) is 11.4 Å². The van der Waals surface area contributed by atoms with Crippen LogP contribution in [-0.2, 0) is 17.5 Å². The van der Waals surface area contributed by atoms with Crippen LogP contribution >= 0.6 is 0 Å². The van der Waals surface area contributed by atoms with E-state index in [-0.39, 0.29) is 24.1 Å². The van der Waals surface area contributed by atoms with Gasteiger partial charge in [-0.1, -0.05) is 0 Å². The van der Waals surface area contributed by atoms with Crippen LogP contribution in [0, 0.1) is 6.92 Å². The molecule has 172 valence electrons. The van der Waals surface area contributed by atoms with E-state index in [1.165, 1.54) is 0 Å². The van der Waals surface area contributed by atoms with Gasteiger partial charge in [0.25, 0.3) is 0 Å². The summed E-state index contributed by atoms with van der Waals surface area (Å²) in [5.74, 6) is 1.27. The topological polar surface area (TPSA) is 122 Å². The second kappa shape index (κ2) is 8.27. The number of ether oxygens (including phenoxy) is 1. The lowest BCUT2D eigenvalue weighted by atomic mass is 10.2. The van der Waals surface area contributed by atoms with E-state index >= 15 is 0 Å². The number of anilines is 2. The van der Waals surface area contributed by atoms with Crippen molar-refractivity contribution in [3.63, 3.8) is 0 Å². The Bertz CT molecular complexity index is 1260. The van der Waals surface area contributed by atoms with Gasteiger partial charge in [-0.05, 0) is 19.1 Å². The molecule has 11 nitrogen and oxygen atoms in total. The zero-order chi connectivity index (χ0) is 23.0. The number of H-pyrrole nitrogens is 1. The Morgan fingerprint density at radius 3 is 2.67 bits per heavy atom. The van der Waals surface area contributed by atoms with Gasteiger partial charge in [-0.3, -0.25) is 4.98 Å². The van der Waals surface area contributed by atoms with Crippen molar-refractivity contribution >= 4 is 17.5 Å². The molecule has 5 rings (SSSR count). The van der Waals surface area contributed by atoms with Crippen molar-refractivity contribution in [2.75, 3.05) is 36.5 Å². The van der Waals surface area contributed by atoms with Gasteiger partial charge in [0.2, 0.25) is 11.9 Å². The average Bonchev–Trinajstić information content (AvgIpc) is 3.46. The van der Waals surface area contributed by atoms with E-state index < -0.39 is 11.7 Å². The first-order valence-electron chi connectivity index (χ1n) is 10.1. The molecule has 1 fully saturated rings. The second-order valence-corrected chi connectivity index (χ2v) is 7.40. The predicted molar refractivity (Wildman–Crippen MR) is 110 cm³/mol. The third kappa shape index (κ3) is 4.28. The van der Waals surface area contributed by atoms with Crippen LogP contribution in [0.25, 0.3) is 17.0 Å². The third-order valence-corrected chi connectivity index (χ3v) is 5.09. The summed E-state index contributed by atoms with van der Waals surface area (Å²) in [7, 11) is 0. The first-order valence-corrected chi connectivity index (χ1v) is 10.1. The number of hydrogen-bond acceptors (Lipinski definition) is 9. The Morgan fingerprint density at radius 2 is 1.94 bits per heavy atom. The Hall–Kier alpha value is -3.81. The Labute approximate surface area is 185 Å². The zero-order valence-corrected chi connectivity index (χ0v) is 17.5. The first kappa shape index (κ1) is 21.1. The maximum atomic E-state index is 13.5. The molecule has 33 heavy (non-hydrogen) atoms. The van der Waals surface area contributed by atoms with E-state index in [1.807, 2.05) is 19.1 Å². The van der Waals surface area contributed by atoms with Gasteiger partial charge in [-0.25, -0.2) is 0 Å². The molecule has 0 radical (unpaired) electrons. The molecule has 14 heteroatoms. The summed E-state index contributed by atoms with van der Waals surface area (Å²) in [5.41, 5.74) is 0.378. The van der Waals surface area contributed by atoms with Crippen molar-refractivity contribution in [2.24, 2.45) is 0 Å². The van der Waals surface area contributed by atoms with Crippen molar-refractivity contribution in [3.05, 3.63) is 41.6 Å².